The normalized spacial score (nSPS) is 11.1. The number of nitrogens with one attached hydrogen (secondary N) is 1. The van der Waals surface area contributed by atoms with E-state index in [1.165, 1.54) is 0 Å². The number of para-hydroxylation sites is 1. The molecule has 0 saturated carbocycles. The quantitative estimate of drug-likeness (QED) is 0.676. The molecule has 0 spiro atoms. The Hall–Kier alpha value is -0.608. The molecule has 0 aliphatic heterocycles. The van der Waals surface area contributed by atoms with E-state index in [0.717, 1.165) is 16.3 Å². The van der Waals surface area contributed by atoms with Crippen LogP contribution in [0, 0.1) is 0 Å². The molecule has 0 fully saturated rings. The zero-order valence-corrected chi connectivity index (χ0v) is 12.8. The van der Waals surface area contributed by atoms with Gasteiger partial charge in [-0.05, 0) is 16.7 Å². The summed E-state index contributed by atoms with van der Waals surface area (Å²) in [6, 6.07) is 17.4. The lowest BCUT2D eigenvalue weighted by Crippen LogP contribution is -2.46. The van der Waals surface area contributed by atoms with Gasteiger partial charge in [-0.15, -0.1) is 22.2 Å². The minimum absolute atomic E-state index is 0.427. The monoisotopic (exact) mass is 313 g/mol. The molecule has 0 radical (unpaired) electrons. The van der Waals surface area contributed by atoms with Gasteiger partial charge in [-0.3, -0.25) is 0 Å². The van der Waals surface area contributed by atoms with Gasteiger partial charge in [0.1, 0.15) is 0 Å². The van der Waals surface area contributed by atoms with E-state index < -0.39 is 6.86 Å². The fraction of sp³-hybridized carbons (Fsp3) is 0. The van der Waals surface area contributed by atoms with Crippen LogP contribution in [0.25, 0.3) is 0 Å². The number of halogens is 3. The molecular weight excluding hydrogens is 303 g/mol. The highest BCUT2D eigenvalue weighted by molar-refractivity contribution is 7.52. The summed E-state index contributed by atoms with van der Waals surface area (Å²) in [4.78, 5) is 3.24. The Kier molecular flexibility index (Phi) is 4.62. The highest BCUT2D eigenvalue weighted by Crippen LogP contribution is 2.18. The summed E-state index contributed by atoms with van der Waals surface area (Å²) in [5, 5.41) is 0.928. The Bertz CT molecular complexity index is 522. The molecule has 0 atom stereocenters. The van der Waals surface area contributed by atoms with Gasteiger partial charge in [0, 0.05) is 5.69 Å². The molecular formula is C12H11BCl3NSi. The van der Waals surface area contributed by atoms with Crippen LogP contribution in [-0.2, 0) is 0 Å². The molecule has 0 amide bonds. The number of benzene rings is 2. The molecule has 0 unspecified atom stereocenters. The van der Waals surface area contributed by atoms with Gasteiger partial charge in [0.25, 0.3) is 6.69 Å². The number of hydrogen-bond acceptors (Lipinski definition) is 1. The summed E-state index contributed by atoms with van der Waals surface area (Å²) >= 11 is 18.8. The number of hydrogen-bond donors (Lipinski definition) is 1. The Morgan fingerprint density at radius 1 is 0.889 bits per heavy atom. The number of anilines is 1. The lowest BCUT2D eigenvalue weighted by Gasteiger charge is -2.21. The fourth-order valence-corrected chi connectivity index (χ4v) is 4.58. The first kappa shape index (κ1) is 13.8. The van der Waals surface area contributed by atoms with Crippen LogP contribution >= 0.6 is 33.6 Å². The van der Waals surface area contributed by atoms with Crippen LogP contribution in [0.1, 0.15) is 0 Å². The van der Waals surface area contributed by atoms with Gasteiger partial charge in [-0.1, -0.05) is 48.5 Å². The lowest BCUT2D eigenvalue weighted by molar-refractivity contribution is 1.69. The predicted molar refractivity (Wildman–Crippen MR) is 86.2 cm³/mol. The van der Waals surface area contributed by atoms with Crippen molar-refractivity contribution in [2.45, 2.75) is 0 Å². The summed E-state index contributed by atoms with van der Waals surface area (Å²) in [6.45, 7) is -2.31. The molecule has 0 aliphatic carbocycles. The molecule has 0 saturated heterocycles. The van der Waals surface area contributed by atoms with Crippen molar-refractivity contribution in [2.75, 3.05) is 4.98 Å². The Morgan fingerprint density at radius 3 is 2.17 bits per heavy atom. The lowest BCUT2D eigenvalue weighted by atomic mass is 9.93. The van der Waals surface area contributed by atoms with Gasteiger partial charge in [-0.25, -0.2) is 0 Å². The maximum absolute atomic E-state index is 6.48. The average Bonchev–Trinajstić information content (AvgIpc) is 2.40. The smallest absolute Gasteiger partial charge is 0.383 e. The summed E-state index contributed by atoms with van der Waals surface area (Å²) < 4.78 is 0. The van der Waals surface area contributed by atoms with E-state index >= 15 is 0 Å². The van der Waals surface area contributed by atoms with Crippen molar-refractivity contribution >= 4 is 63.5 Å². The third-order valence-electron chi connectivity index (χ3n) is 2.59. The van der Waals surface area contributed by atoms with Gasteiger partial charge in [0.15, 0.2) is 0 Å². The molecule has 0 bridgehead atoms. The summed E-state index contributed by atoms with van der Waals surface area (Å²) in [7, 11) is 0. The van der Waals surface area contributed by atoms with E-state index in [-0.39, 0.29) is 0 Å². The van der Waals surface area contributed by atoms with E-state index in [2.05, 4.69) is 4.98 Å². The highest BCUT2D eigenvalue weighted by Gasteiger charge is 2.32. The van der Waals surface area contributed by atoms with Gasteiger partial charge in [0.2, 0.25) is 0 Å². The molecule has 18 heavy (non-hydrogen) atoms. The van der Waals surface area contributed by atoms with Gasteiger partial charge >= 0.3 is 6.86 Å². The van der Waals surface area contributed by atoms with E-state index in [0.29, 0.717) is 6.69 Å². The van der Waals surface area contributed by atoms with Crippen molar-refractivity contribution < 1.29 is 0 Å². The third kappa shape index (κ3) is 3.24. The van der Waals surface area contributed by atoms with Crippen LogP contribution in [0.15, 0.2) is 54.6 Å². The Balaban J connectivity index is 2.28. The van der Waals surface area contributed by atoms with Crippen molar-refractivity contribution in [3.63, 3.8) is 0 Å². The standard InChI is InChI=1S/C12H11BCl3NSi/c14-13-11-8-4-5-9-12(11)17-18(15,16)10-6-2-1-3-7-10/h1-9,13,17H. The molecule has 1 N–H and O–H groups in total. The Labute approximate surface area is 123 Å². The second kappa shape index (κ2) is 6.02. The molecule has 92 valence electrons. The largest absolute Gasteiger partial charge is 0.384 e. The van der Waals surface area contributed by atoms with Crippen LogP contribution in [-0.4, -0.2) is 13.5 Å². The van der Waals surface area contributed by atoms with Crippen molar-refractivity contribution in [3.8, 4) is 0 Å². The molecule has 6 heteroatoms. The van der Waals surface area contributed by atoms with Crippen molar-refractivity contribution in [1.29, 1.82) is 0 Å². The maximum atomic E-state index is 6.48. The van der Waals surface area contributed by atoms with Gasteiger partial charge < -0.3 is 4.98 Å². The summed E-state index contributed by atoms with van der Waals surface area (Å²) in [5.74, 6) is 0. The zero-order chi connectivity index (χ0) is 13.0. The first-order valence-electron chi connectivity index (χ1n) is 5.49. The molecule has 2 aromatic carbocycles. The first-order valence-corrected chi connectivity index (χ1v) is 10.0. The molecule has 0 heterocycles. The third-order valence-corrected chi connectivity index (χ3v) is 6.40. The van der Waals surface area contributed by atoms with Crippen LogP contribution in [0.4, 0.5) is 5.69 Å². The predicted octanol–water partition coefficient (Wildman–Crippen LogP) is 2.64. The average molecular weight is 314 g/mol. The van der Waals surface area contributed by atoms with E-state index in [4.69, 9.17) is 33.6 Å². The van der Waals surface area contributed by atoms with Crippen molar-refractivity contribution in [2.24, 2.45) is 0 Å². The zero-order valence-electron chi connectivity index (χ0n) is 9.54. The summed E-state index contributed by atoms with van der Waals surface area (Å²) in [5.41, 5.74) is 1.89. The maximum Gasteiger partial charge on any atom is 0.383 e. The minimum atomic E-state index is -2.73. The molecule has 0 aliphatic rings. The molecule has 2 aromatic rings. The van der Waals surface area contributed by atoms with Crippen molar-refractivity contribution in [1.82, 2.24) is 0 Å². The van der Waals surface area contributed by atoms with Gasteiger partial charge in [0.05, 0.1) is 0 Å². The second-order valence-electron chi connectivity index (χ2n) is 3.86. The van der Waals surface area contributed by atoms with Crippen LogP contribution in [0.2, 0.25) is 0 Å². The first-order chi connectivity index (χ1) is 8.63. The van der Waals surface area contributed by atoms with Crippen molar-refractivity contribution in [3.05, 3.63) is 54.6 Å². The second-order valence-corrected chi connectivity index (χ2v) is 10.1. The highest BCUT2D eigenvalue weighted by atomic mass is 35.7. The topological polar surface area (TPSA) is 12.0 Å². The SMILES string of the molecule is ClBc1ccccc1N[Si](Cl)(Cl)c1ccccc1. The summed E-state index contributed by atoms with van der Waals surface area (Å²) in [6.07, 6.45) is 0. The van der Waals surface area contributed by atoms with E-state index in [1.807, 2.05) is 54.6 Å². The van der Waals surface area contributed by atoms with E-state index in [1.54, 1.807) is 0 Å². The van der Waals surface area contributed by atoms with Crippen LogP contribution in [0.5, 0.6) is 0 Å². The van der Waals surface area contributed by atoms with E-state index in [9.17, 15) is 0 Å². The van der Waals surface area contributed by atoms with Gasteiger partial charge in [-0.2, -0.15) is 11.5 Å². The molecule has 1 nitrogen and oxygen atoms in total. The van der Waals surface area contributed by atoms with Crippen LogP contribution < -0.4 is 15.6 Å². The number of rotatable bonds is 4. The fourth-order valence-electron chi connectivity index (χ4n) is 1.65. The minimum Gasteiger partial charge on any atom is -0.384 e. The molecule has 2 rings (SSSR count). The van der Waals surface area contributed by atoms with Crippen LogP contribution in [0.3, 0.4) is 0 Å². The Morgan fingerprint density at radius 2 is 1.50 bits per heavy atom. The molecule has 0 aromatic heterocycles.